The van der Waals surface area contributed by atoms with Crippen LogP contribution in [-0.4, -0.2) is 41.1 Å². The first kappa shape index (κ1) is 21.2. The van der Waals surface area contributed by atoms with Gasteiger partial charge in [0.25, 0.3) is 0 Å². The van der Waals surface area contributed by atoms with Crippen LogP contribution in [0.15, 0.2) is 42.7 Å². The van der Waals surface area contributed by atoms with Crippen LogP contribution in [0.3, 0.4) is 0 Å². The van der Waals surface area contributed by atoms with Gasteiger partial charge in [-0.3, -0.25) is 4.79 Å². The lowest BCUT2D eigenvalue weighted by Gasteiger charge is -2.31. The van der Waals surface area contributed by atoms with Crippen LogP contribution in [0.5, 0.6) is 0 Å². The van der Waals surface area contributed by atoms with Crippen LogP contribution in [0.25, 0.3) is 10.6 Å². The second-order valence-electron chi connectivity index (χ2n) is 7.80. The summed E-state index contributed by atoms with van der Waals surface area (Å²) in [4.78, 5) is 28.5. The van der Waals surface area contributed by atoms with E-state index in [4.69, 9.17) is 9.72 Å². The van der Waals surface area contributed by atoms with Crippen molar-refractivity contribution in [3.8, 4) is 10.6 Å². The van der Waals surface area contributed by atoms with Gasteiger partial charge in [-0.1, -0.05) is 17.4 Å². The van der Waals surface area contributed by atoms with E-state index in [0.29, 0.717) is 12.3 Å². The summed E-state index contributed by atoms with van der Waals surface area (Å²) in [6.07, 6.45) is 7.26. The molecule has 0 aliphatic carbocycles. The second kappa shape index (κ2) is 9.87. The van der Waals surface area contributed by atoms with E-state index in [1.165, 1.54) is 7.11 Å². The van der Waals surface area contributed by atoms with E-state index in [1.807, 2.05) is 43.5 Å². The number of pyridine rings is 2. The number of carbonyl (C=O) groups excluding carboxylic acids is 1. The predicted molar refractivity (Wildman–Crippen MR) is 124 cm³/mol. The lowest BCUT2D eigenvalue weighted by Crippen LogP contribution is -2.33. The third-order valence-electron chi connectivity index (χ3n) is 5.54. The van der Waals surface area contributed by atoms with Crippen molar-refractivity contribution < 1.29 is 9.53 Å². The average molecular weight is 438 g/mol. The highest BCUT2D eigenvalue weighted by Crippen LogP contribution is 2.33. The summed E-state index contributed by atoms with van der Waals surface area (Å²) >= 11 is 1.67. The molecule has 1 N–H and O–H groups in total. The Hall–Kier alpha value is -3.00. The Morgan fingerprint density at radius 1 is 1.23 bits per heavy atom. The fourth-order valence-electron chi connectivity index (χ4n) is 3.74. The topological polar surface area (TPSA) is 80.2 Å². The summed E-state index contributed by atoms with van der Waals surface area (Å²) in [7, 11) is 1.45. The zero-order chi connectivity index (χ0) is 21.6. The van der Waals surface area contributed by atoms with Gasteiger partial charge in [0.2, 0.25) is 0 Å². The number of anilines is 3. The van der Waals surface area contributed by atoms with E-state index >= 15 is 0 Å². The van der Waals surface area contributed by atoms with Crippen molar-refractivity contribution in [2.24, 2.45) is 5.92 Å². The maximum absolute atomic E-state index is 11.4. The SMILES string of the molecule is COC(=O)CCC1CCN(c2ncc(-c3cccc(Nc4cc(C)ccn4)n3)s2)CC1. The summed E-state index contributed by atoms with van der Waals surface area (Å²) in [5.74, 6) is 2.01. The number of hydrogen-bond acceptors (Lipinski definition) is 8. The molecule has 0 amide bonds. The van der Waals surface area contributed by atoms with Crippen LogP contribution in [0.4, 0.5) is 16.8 Å². The standard InChI is InChI=1S/C23H27N5O2S/c1-16-8-11-24-21(14-16)27-20-5-3-4-18(26-20)19-15-25-23(31-19)28-12-9-17(10-13-28)6-7-22(29)30-2/h3-5,8,11,14-15,17H,6-7,9-10,12-13H2,1-2H3,(H,24,26,27). The quantitative estimate of drug-likeness (QED) is 0.531. The monoisotopic (exact) mass is 437 g/mol. The first-order valence-electron chi connectivity index (χ1n) is 10.6. The van der Waals surface area contributed by atoms with Gasteiger partial charge >= 0.3 is 5.97 Å². The Bertz CT molecular complexity index is 1030. The molecular weight excluding hydrogens is 410 g/mol. The van der Waals surface area contributed by atoms with Crippen LogP contribution in [-0.2, 0) is 9.53 Å². The minimum absolute atomic E-state index is 0.116. The van der Waals surface area contributed by atoms with Crippen molar-refractivity contribution in [3.05, 3.63) is 48.3 Å². The Balaban J connectivity index is 1.37. The smallest absolute Gasteiger partial charge is 0.305 e. The van der Waals surface area contributed by atoms with Crippen molar-refractivity contribution in [2.45, 2.75) is 32.6 Å². The molecule has 1 aliphatic rings. The summed E-state index contributed by atoms with van der Waals surface area (Å²) in [6, 6.07) is 9.90. The zero-order valence-electron chi connectivity index (χ0n) is 17.9. The van der Waals surface area contributed by atoms with Crippen LogP contribution in [0.2, 0.25) is 0 Å². The van der Waals surface area contributed by atoms with Gasteiger partial charge in [0.15, 0.2) is 5.13 Å². The van der Waals surface area contributed by atoms with Gasteiger partial charge in [0, 0.05) is 31.9 Å². The molecule has 4 rings (SSSR count). The molecule has 8 heteroatoms. The highest BCUT2D eigenvalue weighted by molar-refractivity contribution is 7.18. The van der Waals surface area contributed by atoms with E-state index in [2.05, 4.69) is 20.2 Å². The predicted octanol–water partition coefficient (Wildman–Crippen LogP) is 4.82. The number of nitrogens with one attached hydrogen (secondary N) is 1. The van der Waals surface area contributed by atoms with Crippen molar-refractivity contribution >= 4 is 34.1 Å². The number of aryl methyl sites for hydroxylation is 1. The largest absolute Gasteiger partial charge is 0.469 e. The van der Waals surface area contributed by atoms with Crippen molar-refractivity contribution in [1.29, 1.82) is 0 Å². The molecule has 3 aromatic rings. The molecule has 0 bridgehead atoms. The first-order valence-corrected chi connectivity index (χ1v) is 11.4. The van der Waals surface area contributed by atoms with Gasteiger partial charge < -0.3 is 15.0 Å². The average Bonchev–Trinajstić information content (AvgIpc) is 3.28. The number of rotatable bonds is 7. The highest BCUT2D eigenvalue weighted by atomic mass is 32.1. The molecule has 1 aliphatic heterocycles. The summed E-state index contributed by atoms with van der Waals surface area (Å²) < 4.78 is 4.75. The van der Waals surface area contributed by atoms with Gasteiger partial charge in [-0.25, -0.2) is 15.0 Å². The molecule has 0 saturated carbocycles. The fraction of sp³-hybridized carbons (Fsp3) is 0.391. The van der Waals surface area contributed by atoms with E-state index < -0.39 is 0 Å². The van der Waals surface area contributed by atoms with Crippen molar-refractivity contribution in [3.63, 3.8) is 0 Å². The zero-order valence-corrected chi connectivity index (χ0v) is 18.7. The molecule has 0 radical (unpaired) electrons. The highest BCUT2D eigenvalue weighted by Gasteiger charge is 2.22. The minimum atomic E-state index is -0.116. The maximum atomic E-state index is 11.4. The third kappa shape index (κ3) is 5.58. The third-order valence-corrected chi connectivity index (χ3v) is 6.62. The van der Waals surface area contributed by atoms with Gasteiger partial charge in [-0.2, -0.15) is 0 Å². The number of piperidine rings is 1. The van der Waals surface area contributed by atoms with E-state index in [1.54, 1.807) is 17.5 Å². The van der Waals surface area contributed by atoms with Crippen LogP contribution in [0, 0.1) is 12.8 Å². The van der Waals surface area contributed by atoms with Gasteiger partial charge in [0.05, 0.1) is 17.7 Å². The Morgan fingerprint density at radius 3 is 2.84 bits per heavy atom. The molecule has 0 unspecified atom stereocenters. The molecule has 0 aromatic carbocycles. The summed E-state index contributed by atoms with van der Waals surface area (Å²) in [5, 5.41) is 4.30. The molecular formula is C23H27N5O2S. The summed E-state index contributed by atoms with van der Waals surface area (Å²) in [5.41, 5.74) is 2.05. The van der Waals surface area contributed by atoms with E-state index in [-0.39, 0.29) is 5.97 Å². The molecule has 7 nitrogen and oxygen atoms in total. The molecule has 31 heavy (non-hydrogen) atoms. The molecule has 0 spiro atoms. The van der Waals surface area contributed by atoms with Gasteiger partial charge in [-0.15, -0.1) is 0 Å². The normalized spacial score (nSPS) is 14.5. The van der Waals surface area contributed by atoms with Crippen molar-refractivity contribution in [2.75, 3.05) is 30.4 Å². The number of thiazole rings is 1. The van der Waals surface area contributed by atoms with Crippen LogP contribution >= 0.6 is 11.3 Å². The number of carbonyl (C=O) groups is 1. The second-order valence-corrected chi connectivity index (χ2v) is 8.81. The minimum Gasteiger partial charge on any atom is -0.469 e. The van der Waals surface area contributed by atoms with E-state index in [0.717, 1.165) is 65.3 Å². The molecule has 1 saturated heterocycles. The van der Waals surface area contributed by atoms with Crippen molar-refractivity contribution in [1.82, 2.24) is 15.0 Å². The Kier molecular flexibility index (Phi) is 6.76. The Labute approximate surface area is 186 Å². The molecule has 0 atom stereocenters. The fourth-order valence-corrected chi connectivity index (χ4v) is 4.68. The van der Waals surface area contributed by atoms with Gasteiger partial charge in [-0.05, 0) is 61.9 Å². The molecule has 3 aromatic heterocycles. The lowest BCUT2D eigenvalue weighted by molar-refractivity contribution is -0.141. The Morgan fingerprint density at radius 2 is 2.06 bits per heavy atom. The number of esters is 1. The number of ether oxygens (including phenoxy) is 1. The van der Waals surface area contributed by atoms with Crippen LogP contribution in [0.1, 0.15) is 31.2 Å². The van der Waals surface area contributed by atoms with Gasteiger partial charge in [0.1, 0.15) is 11.6 Å². The maximum Gasteiger partial charge on any atom is 0.305 e. The number of nitrogens with zero attached hydrogens (tertiary/aromatic N) is 4. The molecule has 162 valence electrons. The summed E-state index contributed by atoms with van der Waals surface area (Å²) in [6.45, 7) is 3.97. The first-order chi connectivity index (χ1) is 15.1. The number of aromatic nitrogens is 3. The number of hydrogen-bond donors (Lipinski definition) is 1. The number of methoxy groups -OCH3 is 1. The molecule has 4 heterocycles. The molecule has 1 fully saturated rings. The van der Waals surface area contributed by atoms with Crippen LogP contribution < -0.4 is 10.2 Å². The lowest BCUT2D eigenvalue weighted by atomic mass is 9.92. The van der Waals surface area contributed by atoms with E-state index in [9.17, 15) is 4.79 Å².